The molecule has 1 amide bonds. The maximum Gasteiger partial charge on any atom is 0.228 e. The lowest BCUT2D eigenvalue weighted by atomic mass is 10.1. The van der Waals surface area contributed by atoms with Crippen molar-refractivity contribution < 1.29 is 14.0 Å². The number of nitrogens with zero attached hydrogens (tertiary/aromatic N) is 3. The fourth-order valence-electron chi connectivity index (χ4n) is 2.37. The van der Waals surface area contributed by atoms with E-state index in [1.165, 1.54) is 12.3 Å². The molecule has 0 aliphatic carbocycles. The van der Waals surface area contributed by atoms with Crippen LogP contribution in [0.3, 0.4) is 0 Å². The normalized spacial score (nSPS) is 15.8. The molecule has 0 spiro atoms. The molecule has 0 bridgehead atoms. The highest BCUT2D eigenvalue weighted by atomic mass is 19.1. The molecule has 1 aliphatic heterocycles. The molecule has 104 valence electrons. The lowest BCUT2D eigenvalue weighted by molar-refractivity contribution is -0.133. The minimum Gasteiger partial charge on any atom is -0.341 e. The van der Waals surface area contributed by atoms with Crippen LogP contribution in [0.4, 0.5) is 4.39 Å². The first kappa shape index (κ1) is 12.8. The first-order valence-corrected chi connectivity index (χ1v) is 6.54. The number of fused-ring (bicyclic) bond motifs is 1. The second kappa shape index (κ2) is 5.03. The first-order valence-electron chi connectivity index (χ1n) is 6.54. The van der Waals surface area contributed by atoms with Gasteiger partial charge >= 0.3 is 0 Å². The van der Waals surface area contributed by atoms with Crippen molar-refractivity contribution in [2.45, 2.75) is 19.3 Å². The van der Waals surface area contributed by atoms with Crippen LogP contribution in [-0.2, 0) is 16.0 Å². The van der Waals surface area contributed by atoms with Crippen LogP contribution < -0.4 is 0 Å². The minimum atomic E-state index is -0.345. The summed E-state index contributed by atoms with van der Waals surface area (Å²) in [5.74, 6) is -0.180. The fraction of sp³-hybridized carbons (Fsp3) is 0.357. The molecule has 0 unspecified atom stereocenters. The largest absolute Gasteiger partial charge is 0.341 e. The number of carbonyl (C=O) groups is 2. The summed E-state index contributed by atoms with van der Waals surface area (Å²) in [6.07, 6.45) is 4.03. The monoisotopic (exact) mass is 275 g/mol. The summed E-state index contributed by atoms with van der Waals surface area (Å²) in [6.45, 7) is 0.972. The molecule has 1 fully saturated rings. The van der Waals surface area contributed by atoms with Crippen LogP contribution in [-0.4, -0.2) is 39.1 Å². The number of carbonyl (C=O) groups excluding carboxylic acids is 2. The molecular formula is C14H14FN3O2. The Bertz CT molecular complexity index is 670. The molecule has 2 aromatic rings. The Hall–Kier alpha value is -2.24. The third-order valence-corrected chi connectivity index (χ3v) is 3.47. The summed E-state index contributed by atoms with van der Waals surface area (Å²) < 4.78 is 14.6. The average Bonchev–Trinajstić information content (AvgIpc) is 2.80. The van der Waals surface area contributed by atoms with E-state index in [-0.39, 0.29) is 23.9 Å². The van der Waals surface area contributed by atoms with Gasteiger partial charge < -0.3 is 9.30 Å². The van der Waals surface area contributed by atoms with Gasteiger partial charge in [0.05, 0.1) is 12.1 Å². The molecule has 0 radical (unpaired) electrons. The number of imidazole rings is 1. The number of rotatable bonds is 2. The van der Waals surface area contributed by atoms with E-state index in [9.17, 15) is 14.0 Å². The summed E-state index contributed by atoms with van der Waals surface area (Å²) in [6, 6.07) is 2.91. The van der Waals surface area contributed by atoms with Crippen molar-refractivity contribution in [2.75, 3.05) is 13.1 Å². The Labute approximate surface area is 115 Å². The summed E-state index contributed by atoms with van der Waals surface area (Å²) in [7, 11) is 0. The van der Waals surface area contributed by atoms with Crippen molar-refractivity contribution in [1.82, 2.24) is 14.3 Å². The van der Waals surface area contributed by atoms with Crippen molar-refractivity contribution >= 4 is 17.3 Å². The van der Waals surface area contributed by atoms with Gasteiger partial charge in [0.25, 0.3) is 0 Å². The molecule has 1 aliphatic rings. The van der Waals surface area contributed by atoms with Gasteiger partial charge in [-0.25, -0.2) is 9.37 Å². The quantitative estimate of drug-likeness (QED) is 0.827. The van der Waals surface area contributed by atoms with Gasteiger partial charge in [0.1, 0.15) is 17.2 Å². The molecule has 6 heteroatoms. The number of amides is 1. The van der Waals surface area contributed by atoms with Crippen LogP contribution in [0.25, 0.3) is 5.65 Å². The highest BCUT2D eigenvalue weighted by Gasteiger charge is 2.21. The van der Waals surface area contributed by atoms with E-state index in [1.807, 2.05) is 0 Å². The van der Waals surface area contributed by atoms with Crippen molar-refractivity contribution in [3.63, 3.8) is 0 Å². The summed E-state index contributed by atoms with van der Waals surface area (Å²) in [5.41, 5.74) is 1.22. The van der Waals surface area contributed by atoms with Gasteiger partial charge in [-0.2, -0.15) is 0 Å². The molecule has 5 nitrogen and oxygen atoms in total. The van der Waals surface area contributed by atoms with Gasteiger partial charge in [-0.1, -0.05) is 0 Å². The first-order chi connectivity index (χ1) is 9.61. The number of halogens is 1. The van der Waals surface area contributed by atoms with E-state index < -0.39 is 0 Å². The van der Waals surface area contributed by atoms with Gasteiger partial charge in [0.2, 0.25) is 5.91 Å². The third-order valence-electron chi connectivity index (χ3n) is 3.47. The Balaban J connectivity index is 1.72. The van der Waals surface area contributed by atoms with Gasteiger partial charge in [0.15, 0.2) is 0 Å². The number of likely N-dealkylation sites (tertiary alicyclic amines) is 1. The van der Waals surface area contributed by atoms with E-state index in [4.69, 9.17) is 0 Å². The number of pyridine rings is 1. The Kier molecular flexibility index (Phi) is 3.22. The summed E-state index contributed by atoms with van der Waals surface area (Å²) in [5, 5.41) is 0. The highest BCUT2D eigenvalue weighted by Crippen LogP contribution is 2.11. The maximum absolute atomic E-state index is 13.1. The van der Waals surface area contributed by atoms with Gasteiger partial charge in [-0.3, -0.25) is 9.59 Å². The summed E-state index contributed by atoms with van der Waals surface area (Å²) >= 11 is 0. The molecule has 20 heavy (non-hydrogen) atoms. The van der Waals surface area contributed by atoms with Crippen LogP contribution >= 0.6 is 0 Å². The zero-order valence-electron chi connectivity index (χ0n) is 10.9. The molecule has 0 N–H and O–H groups in total. The standard InChI is InChI=1S/C14H14FN3O2/c15-10-1-2-13-16-11(9-18(13)8-10)7-14(20)17-5-3-12(19)4-6-17/h1-2,8-9H,3-7H2. The zero-order chi connectivity index (χ0) is 14.1. The summed E-state index contributed by atoms with van der Waals surface area (Å²) in [4.78, 5) is 29.2. The molecule has 0 atom stereocenters. The fourth-order valence-corrected chi connectivity index (χ4v) is 2.37. The van der Waals surface area contributed by atoms with Crippen molar-refractivity contribution in [3.05, 3.63) is 36.0 Å². The zero-order valence-corrected chi connectivity index (χ0v) is 10.9. The van der Waals surface area contributed by atoms with Crippen LogP contribution in [0.1, 0.15) is 18.5 Å². The number of hydrogen-bond donors (Lipinski definition) is 0. The minimum absolute atomic E-state index is 0.0404. The lowest BCUT2D eigenvalue weighted by Gasteiger charge is -2.25. The van der Waals surface area contributed by atoms with Crippen LogP contribution in [0, 0.1) is 5.82 Å². The van der Waals surface area contributed by atoms with E-state index in [2.05, 4.69) is 4.98 Å². The molecule has 3 rings (SSSR count). The van der Waals surface area contributed by atoms with Gasteiger partial charge in [-0.15, -0.1) is 0 Å². The van der Waals surface area contributed by atoms with Crippen molar-refractivity contribution in [3.8, 4) is 0 Å². The van der Waals surface area contributed by atoms with E-state index in [0.717, 1.165) is 0 Å². The molecule has 3 heterocycles. The van der Waals surface area contributed by atoms with Crippen LogP contribution in [0.5, 0.6) is 0 Å². The Morgan fingerprint density at radius 1 is 1.25 bits per heavy atom. The topological polar surface area (TPSA) is 54.7 Å². The van der Waals surface area contributed by atoms with Crippen LogP contribution in [0.15, 0.2) is 24.5 Å². The SMILES string of the molecule is O=C1CCN(C(=O)Cc2cn3cc(F)ccc3n2)CC1. The lowest BCUT2D eigenvalue weighted by Crippen LogP contribution is -2.39. The number of ketones is 1. The predicted molar refractivity (Wildman–Crippen MR) is 69.7 cm³/mol. The highest BCUT2D eigenvalue weighted by molar-refractivity contribution is 5.84. The van der Waals surface area contributed by atoms with E-state index in [1.54, 1.807) is 21.6 Å². The van der Waals surface area contributed by atoms with Crippen molar-refractivity contribution in [1.29, 1.82) is 0 Å². The molecule has 1 saturated heterocycles. The van der Waals surface area contributed by atoms with Crippen LogP contribution in [0.2, 0.25) is 0 Å². The van der Waals surface area contributed by atoms with Crippen molar-refractivity contribution in [2.24, 2.45) is 0 Å². The second-order valence-corrected chi connectivity index (χ2v) is 4.94. The molecule has 0 aromatic carbocycles. The predicted octanol–water partition coefficient (Wildman–Crippen LogP) is 1.21. The number of piperidine rings is 1. The third kappa shape index (κ3) is 2.54. The number of Topliss-reactive ketones (excluding diaryl/α,β-unsaturated/α-hetero) is 1. The van der Waals surface area contributed by atoms with E-state index in [0.29, 0.717) is 37.3 Å². The Morgan fingerprint density at radius 3 is 2.75 bits per heavy atom. The molecule has 0 saturated carbocycles. The smallest absolute Gasteiger partial charge is 0.228 e. The van der Waals surface area contributed by atoms with E-state index >= 15 is 0 Å². The Morgan fingerprint density at radius 2 is 2.00 bits per heavy atom. The second-order valence-electron chi connectivity index (χ2n) is 4.94. The number of hydrogen-bond acceptors (Lipinski definition) is 3. The number of aromatic nitrogens is 2. The van der Waals surface area contributed by atoms with Gasteiger partial charge in [-0.05, 0) is 12.1 Å². The molecule has 2 aromatic heterocycles. The average molecular weight is 275 g/mol. The van der Waals surface area contributed by atoms with Gasteiger partial charge in [0, 0.05) is 38.3 Å². The molecular weight excluding hydrogens is 261 g/mol. The maximum atomic E-state index is 13.1.